The highest BCUT2D eigenvalue weighted by atomic mass is 79.9. The molecule has 0 radical (unpaired) electrons. The maximum absolute atomic E-state index is 13.9. The van der Waals surface area contributed by atoms with Crippen LogP contribution in [-0.2, 0) is 19.1 Å². The van der Waals surface area contributed by atoms with Crippen molar-refractivity contribution < 1.29 is 23.5 Å². The fourth-order valence-corrected chi connectivity index (χ4v) is 6.70. The lowest BCUT2D eigenvalue weighted by Gasteiger charge is -2.32. The van der Waals surface area contributed by atoms with Gasteiger partial charge in [0.2, 0.25) is 0 Å². The molecule has 0 amide bonds. The number of esters is 2. The van der Waals surface area contributed by atoms with E-state index < -0.39 is 12.0 Å². The van der Waals surface area contributed by atoms with Gasteiger partial charge in [-0.25, -0.2) is 14.2 Å². The van der Waals surface area contributed by atoms with Crippen molar-refractivity contribution in [3.05, 3.63) is 61.9 Å². The summed E-state index contributed by atoms with van der Waals surface area (Å²) in [6.07, 6.45) is 4.08. The average Bonchev–Trinajstić information content (AvgIpc) is 3.64. The van der Waals surface area contributed by atoms with Gasteiger partial charge in [0.05, 0.1) is 19.3 Å². The molecule has 2 fully saturated rings. The fraction of sp³-hybridized carbons (Fsp3) is 0.462. The second-order valence-corrected chi connectivity index (χ2v) is 11.0. The van der Waals surface area contributed by atoms with Crippen molar-refractivity contribution in [3.8, 4) is 0 Å². The topological polar surface area (TPSA) is 84.3 Å². The molecule has 8 nitrogen and oxygen atoms in total. The third-order valence-electron chi connectivity index (χ3n) is 7.05. The van der Waals surface area contributed by atoms with Gasteiger partial charge >= 0.3 is 11.9 Å². The molecule has 3 atom stereocenters. The number of halogens is 2. The Morgan fingerprint density at radius 1 is 1.32 bits per heavy atom. The third-order valence-corrected chi connectivity index (χ3v) is 8.50. The number of allylic oxidation sites excluding steroid dienone is 1. The summed E-state index contributed by atoms with van der Waals surface area (Å²) >= 11 is 4.95. The van der Waals surface area contributed by atoms with E-state index in [9.17, 15) is 14.0 Å². The lowest BCUT2D eigenvalue weighted by atomic mass is 9.93. The van der Waals surface area contributed by atoms with Crippen LogP contribution in [0.1, 0.15) is 42.8 Å². The molecule has 37 heavy (non-hydrogen) atoms. The average molecular weight is 592 g/mol. The summed E-state index contributed by atoms with van der Waals surface area (Å²) in [5.74, 6) is -0.168. The molecule has 3 aliphatic rings. The molecule has 11 heteroatoms. The van der Waals surface area contributed by atoms with Crippen LogP contribution in [0, 0.1) is 11.7 Å². The maximum atomic E-state index is 13.9. The Morgan fingerprint density at radius 3 is 2.86 bits per heavy atom. The number of hydrogen-bond acceptors (Lipinski definition) is 9. The molecule has 0 unspecified atom stereocenters. The first-order valence-electron chi connectivity index (χ1n) is 12.3. The van der Waals surface area contributed by atoms with E-state index in [-0.39, 0.29) is 30.4 Å². The molecule has 0 saturated carbocycles. The minimum atomic E-state index is -0.674. The summed E-state index contributed by atoms with van der Waals surface area (Å²) in [6, 6.07) is 3.49. The number of rotatable bonds is 7. The Hall–Kier alpha value is -2.63. The first-order chi connectivity index (χ1) is 17.9. The lowest BCUT2D eigenvalue weighted by Crippen LogP contribution is -2.41. The van der Waals surface area contributed by atoms with Crippen LogP contribution in [-0.4, -0.2) is 72.0 Å². The highest BCUT2D eigenvalue weighted by Gasteiger charge is 2.44. The predicted octanol–water partition coefficient (Wildman–Crippen LogP) is 4.32. The Morgan fingerprint density at radius 2 is 2.16 bits per heavy atom. The Labute approximate surface area is 227 Å². The van der Waals surface area contributed by atoms with Crippen molar-refractivity contribution in [2.45, 2.75) is 38.3 Å². The number of ether oxygens (including phenoxy) is 2. The second-order valence-electron chi connectivity index (χ2n) is 9.30. The molecule has 2 saturated heterocycles. The quantitative estimate of drug-likeness (QED) is 0.444. The molecule has 0 spiro atoms. The molecule has 2 aromatic rings. The third kappa shape index (κ3) is 5.08. The SMILES string of the molecule is CCOC(=O)C1=C2C[C@@H](CN3CCC[C@H]3C(=O)OC)CN2C(c2nccs2)=N[C@H]1c1ccc(F)cc1Br. The van der Waals surface area contributed by atoms with Crippen molar-refractivity contribution in [1.82, 2.24) is 14.8 Å². The standard InChI is InChI=1S/C26H28BrFN4O4S/c1-3-36-26(34)21-20-11-15(13-31-9-4-5-19(31)25(33)35-2)14-32(20)23(24-29-8-10-37-24)30-22(21)17-7-6-16(28)12-18(17)27/h6-8,10,12,15,19,22H,3-5,9,11,13-14H2,1-2H3/t15-,19-,22-/m0/s1. The predicted molar refractivity (Wildman–Crippen MR) is 141 cm³/mol. The molecule has 196 valence electrons. The summed E-state index contributed by atoms with van der Waals surface area (Å²) in [4.78, 5) is 39.5. The highest BCUT2D eigenvalue weighted by molar-refractivity contribution is 9.10. The number of benzene rings is 1. The molecule has 3 aliphatic heterocycles. The van der Waals surface area contributed by atoms with Gasteiger partial charge in [0.25, 0.3) is 0 Å². The monoisotopic (exact) mass is 590 g/mol. The van der Waals surface area contributed by atoms with Gasteiger partial charge in [-0.15, -0.1) is 11.3 Å². The number of hydrogen-bond donors (Lipinski definition) is 0. The van der Waals surface area contributed by atoms with E-state index in [0.29, 0.717) is 41.0 Å². The van der Waals surface area contributed by atoms with Crippen LogP contribution in [0.25, 0.3) is 0 Å². The van der Waals surface area contributed by atoms with Crippen LogP contribution in [0.4, 0.5) is 4.39 Å². The van der Waals surface area contributed by atoms with E-state index in [2.05, 4.69) is 30.7 Å². The number of aliphatic imine (C=N–C) groups is 1. The van der Waals surface area contributed by atoms with E-state index >= 15 is 0 Å². The van der Waals surface area contributed by atoms with Crippen molar-refractivity contribution in [2.24, 2.45) is 10.9 Å². The van der Waals surface area contributed by atoms with Crippen LogP contribution in [0.15, 0.2) is 50.5 Å². The second kappa shape index (κ2) is 11.0. The number of carbonyl (C=O) groups excluding carboxylic acids is 2. The number of likely N-dealkylation sites (tertiary alicyclic amines) is 1. The number of carbonyl (C=O) groups is 2. The smallest absolute Gasteiger partial charge is 0.338 e. The number of amidine groups is 1. The van der Waals surface area contributed by atoms with Gasteiger partial charge in [-0.05, 0) is 56.3 Å². The molecular formula is C26H28BrFN4O4S. The van der Waals surface area contributed by atoms with Crippen LogP contribution in [0.5, 0.6) is 0 Å². The molecule has 0 N–H and O–H groups in total. The molecule has 5 rings (SSSR count). The van der Waals surface area contributed by atoms with Crippen LogP contribution >= 0.6 is 27.3 Å². The summed E-state index contributed by atoms with van der Waals surface area (Å²) in [6.45, 7) is 4.17. The first-order valence-corrected chi connectivity index (χ1v) is 14.0. The van der Waals surface area contributed by atoms with Gasteiger partial charge in [-0.2, -0.15) is 0 Å². The number of nitrogens with zero attached hydrogens (tertiary/aromatic N) is 4. The van der Waals surface area contributed by atoms with E-state index in [4.69, 9.17) is 14.5 Å². The van der Waals surface area contributed by atoms with Crippen molar-refractivity contribution >= 4 is 45.0 Å². The van der Waals surface area contributed by atoms with E-state index in [0.717, 1.165) is 30.1 Å². The van der Waals surface area contributed by atoms with E-state index in [1.54, 1.807) is 19.2 Å². The Kier molecular flexibility index (Phi) is 7.73. The Balaban J connectivity index is 1.56. The molecule has 1 aromatic carbocycles. The first kappa shape index (κ1) is 26.0. The zero-order valence-corrected chi connectivity index (χ0v) is 23.1. The molecular weight excluding hydrogens is 563 g/mol. The number of thiazole rings is 1. The van der Waals surface area contributed by atoms with Crippen LogP contribution < -0.4 is 0 Å². The summed E-state index contributed by atoms with van der Waals surface area (Å²) < 4.78 is 25.0. The number of methoxy groups -OCH3 is 1. The zero-order valence-electron chi connectivity index (χ0n) is 20.7. The normalized spacial score (nSPS) is 23.7. The van der Waals surface area contributed by atoms with Gasteiger partial charge in [0.1, 0.15) is 17.9 Å². The number of fused-ring (bicyclic) bond motifs is 1. The van der Waals surface area contributed by atoms with Crippen LogP contribution in [0.2, 0.25) is 0 Å². The van der Waals surface area contributed by atoms with Gasteiger partial charge < -0.3 is 14.4 Å². The van der Waals surface area contributed by atoms with Crippen LogP contribution in [0.3, 0.4) is 0 Å². The van der Waals surface area contributed by atoms with E-state index in [1.807, 2.05) is 5.38 Å². The molecule has 4 heterocycles. The van der Waals surface area contributed by atoms with E-state index in [1.165, 1.54) is 30.6 Å². The molecule has 0 bridgehead atoms. The summed E-state index contributed by atoms with van der Waals surface area (Å²) in [7, 11) is 1.43. The minimum absolute atomic E-state index is 0.158. The van der Waals surface area contributed by atoms with Crippen molar-refractivity contribution in [1.29, 1.82) is 0 Å². The zero-order chi connectivity index (χ0) is 26.1. The summed E-state index contributed by atoms with van der Waals surface area (Å²) in [5, 5.41) is 2.64. The minimum Gasteiger partial charge on any atom is -0.468 e. The molecule has 1 aromatic heterocycles. The largest absolute Gasteiger partial charge is 0.468 e. The van der Waals surface area contributed by atoms with Gasteiger partial charge in [-0.1, -0.05) is 22.0 Å². The van der Waals surface area contributed by atoms with Crippen molar-refractivity contribution in [3.63, 3.8) is 0 Å². The van der Waals surface area contributed by atoms with Gasteiger partial charge in [-0.3, -0.25) is 14.7 Å². The fourth-order valence-electron chi connectivity index (χ4n) is 5.49. The van der Waals surface area contributed by atoms with Gasteiger partial charge in [0, 0.05) is 34.8 Å². The molecule has 0 aliphatic carbocycles. The van der Waals surface area contributed by atoms with Crippen molar-refractivity contribution in [2.75, 3.05) is 33.4 Å². The Bertz CT molecular complexity index is 1250. The van der Waals surface area contributed by atoms with Gasteiger partial charge in [0.15, 0.2) is 10.8 Å². The highest BCUT2D eigenvalue weighted by Crippen LogP contribution is 2.44. The number of aromatic nitrogens is 1. The lowest BCUT2D eigenvalue weighted by molar-refractivity contribution is -0.146. The maximum Gasteiger partial charge on any atom is 0.338 e. The summed E-state index contributed by atoms with van der Waals surface area (Å²) in [5.41, 5.74) is 1.99.